The van der Waals surface area contributed by atoms with Crippen LogP contribution in [0.5, 0.6) is 0 Å². The van der Waals surface area contributed by atoms with Gasteiger partial charge in [-0.05, 0) is 31.4 Å². The van der Waals surface area contributed by atoms with E-state index in [1.165, 1.54) is 31.2 Å². The number of nitrogens with one attached hydrogen (secondary N) is 1. The molecule has 1 N–H and O–H groups in total. The molecule has 1 saturated carbocycles. The highest BCUT2D eigenvalue weighted by Crippen LogP contribution is 2.32. The molecule has 2 heteroatoms. The lowest BCUT2D eigenvalue weighted by molar-refractivity contribution is -0.0375. The summed E-state index contributed by atoms with van der Waals surface area (Å²) in [5.41, 5.74) is 1.49. The van der Waals surface area contributed by atoms with Crippen LogP contribution in [0.25, 0.3) is 0 Å². The van der Waals surface area contributed by atoms with Crippen molar-refractivity contribution in [2.24, 2.45) is 0 Å². The first-order valence-corrected chi connectivity index (χ1v) is 7.23. The number of hydrogen-bond acceptors (Lipinski definition) is 2. The third-order valence-corrected chi connectivity index (χ3v) is 3.85. The van der Waals surface area contributed by atoms with E-state index in [0.717, 1.165) is 26.1 Å². The Morgan fingerprint density at radius 3 is 2.56 bits per heavy atom. The maximum atomic E-state index is 6.23. The first kappa shape index (κ1) is 13.6. The van der Waals surface area contributed by atoms with Gasteiger partial charge in [0, 0.05) is 6.54 Å². The highest BCUT2D eigenvalue weighted by Gasteiger charge is 2.33. The number of hydrogen-bond donors (Lipinski definition) is 1. The van der Waals surface area contributed by atoms with Crippen LogP contribution in [0.3, 0.4) is 0 Å². The number of likely N-dealkylation sites (N-methyl/N-ethyl adjacent to an activating group) is 1. The summed E-state index contributed by atoms with van der Waals surface area (Å²) in [5, 5.41) is 3.45. The lowest BCUT2D eigenvalue weighted by Crippen LogP contribution is -2.41. The molecular formula is C16H25NO. The van der Waals surface area contributed by atoms with Gasteiger partial charge in [-0.1, -0.05) is 50.1 Å². The third-order valence-electron chi connectivity index (χ3n) is 3.85. The summed E-state index contributed by atoms with van der Waals surface area (Å²) in [7, 11) is 0. The van der Waals surface area contributed by atoms with Gasteiger partial charge in [-0.3, -0.25) is 0 Å². The molecule has 0 aromatic heterocycles. The first-order chi connectivity index (χ1) is 8.85. The molecule has 2 nitrogen and oxygen atoms in total. The summed E-state index contributed by atoms with van der Waals surface area (Å²) in [6.07, 6.45) is 6.09. The molecule has 0 radical (unpaired) electrons. The van der Waals surface area contributed by atoms with Crippen LogP contribution in [0.15, 0.2) is 30.3 Å². The predicted molar refractivity (Wildman–Crippen MR) is 75.8 cm³/mol. The van der Waals surface area contributed by atoms with Gasteiger partial charge in [0.05, 0.1) is 12.2 Å². The van der Waals surface area contributed by atoms with Crippen molar-refractivity contribution in [2.75, 3.05) is 19.7 Å². The zero-order chi connectivity index (χ0) is 12.7. The molecule has 0 atom stereocenters. The summed E-state index contributed by atoms with van der Waals surface area (Å²) < 4.78 is 6.23. The average molecular weight is 247 g/mol. The Bertz CT molecular complexity index is 330. The van der Waals surface area contributed by atoms with E-state index in [9.17, 15) is 0 Å². The van der Waals surface area contributed by atoms with Gasteiger partial charge in [-0.2, -0.15) is 0 Å². The van der Waals surface area contributed by atoms with E-state index in [1.54, 1.807) is 0 Å². The van der Waals surface area contributed by atoms with Crippen molar-refractivity contribution < 1.29 is 4.74 Å². The van der Waals surface area contributed by atoms with E-state index in [2.05, 4.69) is 42.6 Å². The van der Waals surface area contributed by atoms with Crippen molar-refractivity contribution in [1.29, 1.82) is 0 Å². The van der Waals surface area contributed by atoms with Crippen LogP contribution in [-0.2, 0) is 11.2 Å². The quantitative estimate of drug-likeness (QED) is 0.799. The van der Waals surface area contributed by atoms with Crippen LogP contribution < -0.4 is 5.32 Å². The van der Waals surface area contributed by atoms with E-state index in [-0.39, 0.29) is 5.60 Å². The fraction of sp³-hybridized carbons (Fsp3) is 0.625. The molecule has 0 spiro atoms. The Morgan fingerprint density at radius 2 is 1.89 bits per heavy atom. The molecule has 18 heavy (non-hydrogen) atoms. The maximum Gasteiger partial charge on any atom is 0.0806 e. The van der Waals surface area contributed by atoms with E-state index >= 15 is 0 Å². The molecule has 0 saturated heterocycles. The summed E-state index contributed by atoms with van der Waals surface area (Å²) in [6.45, 7) is 5.05. The highest BCUT2D eigenvalue weighted by atomic mass is 16.5. The van der Waals surface area contributed by atoms with Gasteiger partial charge in [0.2, 0.25) is 0 Å². The average Bonchev–Trinajstić information content (AvgIpc) is 2.87. The minimum Gasteiger partial charge on any atom is -0.373 e. The fourth-order valence-corrected chi connectivity index (χ4v) is 2.77. The summed E-state index contributed by atoms with van der Waals surface area (Å²) in [6, 6.07) is 10.6. The van der Waals surface area contributed by atoms with Gasteiger partial charge < -0.3 is 10.1 Å². The molecule has 0 heterocycles. The predicted octanol–water partition coefficient (Wildman–Crippen LogP) is 3.17. The zero-order valence-electron chi connectivity index (χ0n) is 11.5. The number of ether oxygens (including phenoxy) is 1. The molecule has 1 aliphatic rings. The lowest BCUT2D eigenvalue weighted by atomic mass is 10.0. The number of rotatable bonds is 7. The number of benzene rings is 1. The van der Waals surface area contributed by atoms with Crippen molar-refractivity contribution in [3.8, 4) is 0 Å². The third kappa shape index (κ3) is 3.82. The van der Waals surface area contributed by atoms with Gasteiger partial charge in [0.25, 0.3) is 0 Å². The van der Waals surface area contributed by atoms with Crippen molar-refractivity contribution in [2.45, 2.75) is 44.6 Å². The maximum absolute atomic E-state index is 6.23. The Hall–Kier alpha value is -0.860. The van der Waals surface area contributed by atoms with Crippen LogP contribution in [0.2, 0.25) is 0 Å². The topological polar surface area (TPSA) is 21.3 Å². The molecular weight excluding hydrogens is 222 g/mol. The molecule has 0 unspecified atom stereocenters. The molecule has 1 aromatic carbocycles. The minimum absolute atomic E-state index is 0.116. The Kier molecular flexibility index (Phi) is 5.21. The normalized spacial score (nSPS) is 18.1. The van der Waals surface area contributed by atoms with E-state index in [1.807, 2.05) is 0 Å². The van der Waals surface area contributed by atoms with Crippen molar-refractivity contribution in [3.63, 3.8) is 0 Å². The Balaban J connectivity index is 1.79. The Labute approximate surface area is 111 Å². The zero-order valence-corrected chi connectivity index (χ0v) is 11.5. The van der Waals surface area contributed by atoms with Crippen LogP contribution in [0.1, 0.15) is 38.2 Å². The molecule has 0 bridgehead atoms. The van der Waals surface area contributed by atoms with Gasteiger partial charge in [0.1, 0.15) is 0 Å². The van der Waals surface area contributed by atoms with Crippen molar-refractivity contribution in [1.82, 2.24) is 5.32 Å². The molecule has 1 aliphatic carbocycles. The molecule has 100 valence electrons. The molecule has 1 fully saturated rings. The van der Waals surface area contributed by atoms with Gasteiger partial charge in [0.15, 0.2) is 0 Å². The van der Waals surface area contributed by atoms with Crippen LogP contribution in [0, 0.1) is 0 Å². The largest absolute Gasteiger partial charge is 0.373 e. The van der Waals surface area contributed by atoms with Crippen molar-refractivity contribution >= 4 is 0 Å². The molecule has 1 aromatic rings. The standard InChI is InChI=1S/C16H25NO/c1-2-17-14-16(11-6-7-12-16)18-13-10-15-8-4-3-5-9-15/h3-5,8-9,17H,2,6-7,10-14H2,1H3. The monoisotopic (exact) mass is 247 g/mol. The summed E-state index contributed by atoms with van der Waals surface area (Å²) in [5.74, 6) is 0. The Morgan fingerprint density at radius 1 is 1.17 bits per heavy atom. The van der Waals surface area contributed by atoms with E-state index in [0.29, 0.717) is 0 Å². The minimum atomic E-state index is 0.116. The van der Waals surface area contributed by atoms with E-state index in [4.69, 9.17) is 4.74 Å². The van der Waals surface area contributed by atoms with Gasteiger partial charge >= 0.3 is 0 Å². The second kappa shape index (κ2) is 6.91. The van der Waals surface area contributed by atoms with Crippen LogP contribution in [-0.4, -0.2) is 25.3 Å². The second-order valence-electron chi connectivity index (χ2n) is 5.25. The molecule has 2 rings (SSSR count). The first-order valence-electron chi connectivity index (χ1n) is 7.23. The van der Waals surface area contributed by atoms with Crippen molar-refractivity contribution in [3.05, 3.63) is 35.9 Å². The van der Waals surface area contributed by atoms with Crippen LogP contribution in [0.4, 0.5) is 0 Å². The second-order valence-corrected chi connectivity index (χ2v) is 5.25. The summed E-state index contributed by atoms with van der Waals surface area (Å²) in [4.78, 5) is 0. The smallest absolute Gasteiger partial charge is 0.0806 e. The van der Waals surface area contributed by atoms with Gasteiger partial charge in [-0.25, -0.2) is 0 Å². The molecule has 0 aliphatic heterocycles. The van der Waals surface area contributed by atoms with Gasteiger partial charge in [-0.15, -0.1) is 0 Å². The lowest BCUT2D eigenvalue weighted by Gasteiger charge is -2.29. The van der Waals surface area contributed by atoms with E-state index < -0.39 is 0 Å². The molecule has 0 amide bonds. The van der Waals surface area contributed by atoms with Crippen LogP contribution >= 0.6 is 0 Å². The fourth-order valence-electron chi connectivity index (χ4n) is 2.77. The SMILES string of the molecule is CCNCC1(OCCc2ccccc2)CCCC1. The summed E-state index contributed by atoms with van der Waals surface area (Å²) >= 11 is 0. The highest BCUT2D eigenvalue weighted by molar-refractivity contribution is 5.14.